The summed E-state index contributed by atoms with van der Waals surface area (Å²) in [5, 5.41) is 19.8. The van der Waals surface area contributed by atoms with Gasteiger partial charge in [0.25, 0.3) is 0 Å². The van der Waals surface area contributed by atoms with Gasteiger partial charge in [0.2, 0.25) is 0 Å². The Balaban J connectivity index is 0.000000191. The Morgan fingerprint density at radius 3 is 2.09 bits per heavy atom. The lowest BCUT2D eigenvalue weighted by atomic mass is 9.89. The third kappa shape index (κ3) is 5.78. The summed E-state index contributed by atoms with van der Waals surface area (Å²) in [6.07, 6.45) is 5.05. The van der Waals surface area contributed by atoms with Gasteiger partial charge < -0.3 is 14.9 Å². The Labute approximate surface area is 206 Å². The Bertz CT molecular complexity index is 1270. The second kappa shape index (κ2) is 10.8. The molecule has 0 aliphatic heterocycles. The molecule has 0 fully saturated rings. The highest BCUT2D eigenvalue weighted by molar-refractivity contribution is 7.15. The zero-order chi connectivity index (χ0) is 25.0. The van der Waals surface area contributed by atoms with Gasteiger partial charge in [0.05, 0.1) is 22.0 Å². The van der Waals surface area contributed by atoms with E-state index >= 15 is 0 Å². The first-order chi connectivity index (χ1) is 16.1. The van der Waals surface area contributed by atoms with E-state index < -0.39 is 11.9 Å². The summed E-state index contributed by atoms with van der Waals surface area (Å²) in [5.41, 5.74) is 3.76. The van der Waals surface area contributed by atoms with Crippen molar-refractivity contribution in [2.45, 2.75) is 40.0 Å². The maximum Gasteiger partial charge on any atom is 0.356 e. The molecule has 2 N–H and O–H groups in total. The van der Waals surface area contributed by atoms with E-state index in [-0.39, 0.29) is 17.3 Å². The summed E-state index contributed by atoms with van der Waals surface area (Å²) in [6, 6.07) is 7.27. The van der Waals surface area contributed by atoms with Crippen LogP contribution in [0.3, 0.4) is 0 Å². The van der Waals surface area contributed by atoms with Gasteiger partial charge in [0.1, 0.15) is 5.75 Å². The van der Waals surface area contributed by atoms with Crippen LogP contribution < -0.4 is 4.74 Å². The van der Waals surface area contributed by atoms with Crippen molar-refractivity contribution in [1.82, 2.24) is 9.97 Å². The number of hydrogen-bond donors (Lipinski definition) is 2. The lowest BCUT2D eigenvalue weighted by molar-refractivity contribution is 0.0680. The number of aryl methyl sites for hydroxylation is 2. The van der Waals surface area contributed by atoms with Crippen molar-refractivity contribution in [2.24, 2.45) is 0 Å². The molecule has 1 aliphatic rings. The van der Waals surface area contributed by atoms with Gasteiger partial charge in [-0.1, -0.05) is 23.3 Å². The van der Waals surface area contributed by atoms with Gasteiger partial charge in [-0.05, 0) is 63.9 Å². The summed E-state index contributed by atoms with van der Waals surface area (Å²) < 4.78 is 5.06. The minimum atomic E-state index is -1.000. The summed E-state index contributed by atoms with van der Waals surface area (Å²) in [7, 11) is 1.59. The molecule has 9 heteroatoms. The van der Waals surface area contributed by atoms with Crippen LogP contribution in [0, 0.1) is 13.8 Å². The molecule has 0 bridgehead atoms. The van der Waals surface area contributed by atoms with E-state index in [1.54, 1.807) is 26.2 Å². The van der Waals surface area contributed by atoms with Crippen molar-refractivity contribution in [3.8, 4) is 16.2 Å². The van der Waals surface area contributed by atoms with Crippen LogP contribution >= 0.6 is 22.7 Å². The van der Waals surface area contributed by atoms with E-state index in [2.05, 4.69) is 36.0 Å². The fourth-order valence-corrected chi connectivity index (χ4v) is 5.41. The van der Waals surface area contributed by atoms with Crippen LogP contribution in [0.4, 0.5) is 0 Å². The lowest BCUT2D eigenvalue weighted by Gasteiger charge is -2.18. The smallest absolute Gasteiger partial charge is 0.356 e. The van der Waals surface area contributed by atoms with Crippen molar-refractivity contribution in [1.29, 1.82) is 0 Å². The van der Waals surface area contributed by atoms with Gasteiger partial charge in [-0.3, -0.25) is 0 Å². The van der Waals surface area contributed by atoms with E-state index in [0.717, 1.165) is 32.6 Å². The van der Waals surface area contributed by atoms with Crippen LogP contribution in [0.25, 0.3) is 10.4 Å². The number of hydrogen-bond acceptors (Lipinski definition) is 7. The van der Waals surface area contributed by atoms with Crippen LogP contribution in [-0.2, 0) is 0 Å². The number of carboxylic acids is 2. The summed E-state index contributed by atoms with van der Waals surface area (Å²) in [5.74, 6) is -1.02. The van der Waals surface area contributed by atoms with Crippen LogP contribution in [0.5, 0.6) is 5.75 Å². The Morgan fingerprint density at radius 2 is 1.53 bits per heavy atom. The molecule has 1 atom stereocenters. The minimum Gasteiger partial charge on any atom is -0.497 e. The van der Waals surface area contributed by atoms with Gasteiger partial charge in [-0.15, -0.1) is 22.7 Å². The molecule has 0 saturated carbocycles. The van der Waals surface area contributed by atoms with Crippen LogP contribution in [0.1, 0.15) is 62.1 Å². The average molecular weight is 499 g/mol. The molecule has 0 spiro atoms. The maximum atomic E-state index is 11.1. The first-order valence-electron chi connectivity index (χ1n) is 10.5. The van der Waals surface area contributed by atoms with Crippen molar-refractivity contribution in [2.75, 3.05) is 7.11 Å². The number of methoxy groups -OCH3 is 1. The van der Waals surface area contributed by atoms with E-state index in [0.29, 0.717) is 4.88 Å². The van der Waals surface area contributed by atoms with Gasteiger partial charge >= 0.3 is 11.9 Å². The first-order valence-corrected chi connectivity index (χ1v) is 12.1. The van der Waals surface area contributed by atoms with Crippen LogP contribution in [0.15, 0.2) is 47.6 Å². The summed E-state index contributed by atoms with van der Waals surface area (Å²) in [4.78, 5) is 31.8. The van der Waals surface area contributed by atoms with Crippen molar-refractivity contribution >= 4 is 34.6 Å². The fraction of sp³-hybridized carbons (Fsp3) is 0.280. The van der Waals surface area contributed by atoms with E-state index in [9.17, 15) is 9.59 Å². The molecular formula is C25H26N2O5S2. The number of rotatable bonds is 5. The predicted molar refractivity (Wildman–Crippen MR) is 134 cm³/mol. The van der Waals surface area contributed by atoms with Gasteiger partial charge in [0, 0.05) is 10.8 Å². The standard InChI is InChI=1S/C13H15NO2S.C12H11NO3S/c1-7-4-5-10(6-8(7)2)12-11(13(15)16)14-9(3)17-12;1-7-13-10(12(14)15)11(17-7)8-3-5-9(16-2)6-4-8/h4-5,10H,6H2,1-3H3,(H,15,16);3-6H,1-2H3,(H,14,15). The number of aromatic carboxylic acids is 2. The largest absolute Gasteiger partial charge is 0.497 e. The number of aromatic nitrogens is 2. The quantitative estimate of drug-likeness (QED) is 0.421. The Kier molecular flexibility index (Phi) is 8.01. The van der Waals surface area contributed by atoms with E-state index in [1.165, 1.54) is 33.8 Å². The second-order valence-corrected chi connectivity index (χ2v) is 10.3. The van der Waals surface area contributed by atoms with Crippen molar-refractivity contribution in [3.63, 3.8) is 0 Å². The topological polar surface area (TPSA) is 110 Å². The predicted octanol–water partition coefficient (Wildman–Crippen LogP) is 6.35. The van der Waals surface area contributed by atoms with Gasteiger partial charge in [0.15, 0.2) is 11.4 Å². The highest BCUT2D eigenvalue weighted by Crippen LogP contribution is 2.36. The number of nitrogens with zero attached hydrogens (tertiary/aromatic N) is 2. The first kappa shape index (κ1) is 25.3. The zero-order valence-electron chi connectivity index (χ0n) is 19.6. The Hall–Kier alpha value is -3.30. The number of carbonyl (C=O) groups is 2. The molecule has 1 aromatic carbocycles. The number of thiazole rings is 2. The molecule has 1 unspecified atom stereocenters. The summed E-state index contributed by atoms with van der Waals surface area (Å²) in [6.45, 7) is 7.82. The molecule has 0 radical (unpaired) electrons. The third-order valence-electron chi connectivity index (χ3n) is 5.37. The highest BCUT2D eigenvalue weighted by Gasteiger charge is 2.24. The summed E-state index contributed by atoms with van der Waals surface area (Å²) >= 11 is 2.86. The van der Waals surface area contributed by atoms with E-state index in [1.807, 2.05) is 19.1 Å². The molecule has 0 saturated heterocycles. The highest BCUT2D eigenvalue weighted by atomic mass is 32.1. The van der Waals surface area contributed by atoms with Crippen LogP contribution in [0.2, 0.25) is 0 Å². The molecule has 0 amide bonds. The van der Waals surface area contributed by atoms with Crippen LogP contribution in [-0.4, -0.2) is 39.2 Å². The lowest BCUT2D eigenvalue weighted by Crippen LogP contribution is -2.07. The monoisotopic (exact) mass is 498 g/mol. The zero-order valence-corrected chi connectivity index (χ0v) is 21.2. The molecule has 4 rings (SSSR count). The average Bonchev–Trinajstić information content (AvgIpc) is 3.39. The number of allylic oxidation sites excluding steroid dienone is 4. The molecule has 34 heavy (non-hydrogen) atoms. The van der Waals surface area contributed by atoms with Crippen molar-refractivity contribution < 1.29 is 24.5 Å². The molecule has 7 nitrogen and oxygen atoms in total. The molecule has 178 valence electrons. The minimum absolute atomic E-state index is 0.109. The fourth-order valence-electron chi connectivity index (χ4n) is 3.50. The number of benzene rings is 1. The van der Waals surface area contributed by atoms with Crippen molar-refractivity contribution in [3.05, 3.63) is 73.8 Å². The second-order valence-electron chi connectivity index (χ2n) is 7.83. The maximum absolute atomic E-state index is 11.1. The molecular weight excluding hydrogens is 472 g/mol. The molecule has 3 aromatic rings. The third-order valence-corrected chi connectivity index (χ3v) is 7.49. The van der Waals surface area contributed by atoms with Gasteiger partial charge in [-0.2, -0.15) is 0 Å². The van der Waals surface area contributed by atoms with Gasteiger partial charge in [-0.25, -0.2) is 19.6 Å². The molecule has 2 aromatic heterocycles. The number of carboxylic acid groups (broad SMARTS) is 2. The number of ether oxygens (including phenoxy) is 1. The molecule has 1 aliphatic carbocycles. The normalized spacial score (nSPS) is 15.0. The SMILES string of the molecule is CC1=C(C)CC(c2sc(C)nc2C(=O)O)C=C1.COc1ccc(-c2sc(C)nc2C(=O)O)cc1. The Morgan fingerprint density at radius 1 is 0.941 bits per heavy atom. The van der Waals surface area contributed by atoms with E-state index in [4.69, 9.17) is 14.9 Å². The molecule has 2 heterocycles.